The van der Waals surface area contributed by atoms with Crippen molar-refractivity contribution in [2.45, 2.75) is 27.2 Å². The van der Waals surface area contributed by atoms with Crippen LogP contribution in [0.1, 0.15) is 32.8 Å². The highest BCUT2D eigenvalue weighted by Crippen LogP contribution is 2.06. The van der Waals surface area contributed by atoms with Gasteiger partial charge < -0.3 is 4.74 Å². The first kappa shape index (κ1) is 14.4. The smallest absolute Gasteiger partial charge is 0.220 e. The minimum absolute atomic E-state index is 0.623. The molecule has 0 aliphatic carbocycles. The molecule has 0 N–H and O–H groups in total. The molecule has 0 spiro atoms. The van der Waals surface area contributed by atoms with Gasteiger partial charge in [-0.2, -0.15) is 0 Å². The molecule has 0 unspecified atom stereocenters. The number of allylic oxidation sites excluding steroid dienone is 1. The van der Waals surface area contributed by atoms with E-state index in [1.54, 1.807) is 7.11 Å². The number of methoxy groups -OCH3 is 1. The van der Waals surface area contributed by atoms with Crippen molar-refractivity contribution in [3.05, 3.63) is 48.2 Å². The van der Waals surface area contributed by atoms with Gasteiger partial charge in [-0.3, -0.25) is 0 Å². The van der Waals surface area contributed by atoms with Gasteiger partial charge in [0.1, 0.15) is 0 Å². The van der Waals surface area contributed by atoms with Gasteiger partial charge in [0.25, 0.3) is 0 Å². The fraction of sp³-hybridized carbons (Fsp3) is 0.357. The van der Waals surface area contributed by atoms with Crippen LogP contribution in [0.25, 0.3) is 0 Å². The molecule has 0 aliphatic heterocycles. The van der Waals surface area contributed by atoms with E-state index in [0.29, 0.717) is 5.90 Å². The molecule has 2 nitrogen and oxygen atoms in total. The van der Waals surface area contributed by atoms with Gasteiger partial charge in [0.05, 0.1) is 7.11 Å². The van der Waals surface area contributed by atoms with E-state index < -0.39 is 0 Å². The summed E-state index contributed by atoms with van der Waals surface area (Å²) in [7, 11) is 1.62. The summed E-state index contributed by atoms with van der Waals surface area (Å²) in [5.41, 5.74) is 1.80. The van der Waals surface area contributed by atoms with Crippen molar-refractivity contribution in [2.24, 2.45) is 4.99 Å². The van der Waals surface area contributed by atoms with Gasteiger partial charge >= 0.3 is 0 Å². The zero-order valence-corrected chi connectivity index (χ0v) is 10.7. The standard InChI is InChI=1S/C12H15NO.C2H6/c1-4-10(2)13-12(14-3)11-8-6-5-7-9-11;1-2/h5-9H,2,4H2,1,3H3;1-2H3. The van der Waals surface area contributed by atoms with E-state index in [0.717, 1.165) is 17.7 Å². The van der Waals surface area contributed by atoms with Crippen molar-refractivity contribution in [1.29, 1.82) is 0 Å². The van der Waals surface area contributed by atoms with E-state index in [1.165, 1.54) is 0 Å². The predicted octanol–water partition coefficient (Wildman–Crippen LogP) is 4.03. The quantitative estimate of drug-likeness (QED) is 0.555. The van der Waals surface area contributed by atoms with E-state index >= 15 is 0 Å². The third kappa shape index (κ3) is 4.78. The van der Waals surface area contributed by atoms with Gasteiger partial charge in [0.15, 0.2) is 0 Å². The fourth-order valence-electron chi connectivity index (χ4n) is 1.03. The van der Waals surface area contributed by atoms with Gasteiger partial charge in [-0.25, -0.2) is 4.99 Å². The number of aliphatic imine (C=N–C) groups is 1. The van der Waals surface area contributed by atoms with Gasteiger partial charge in [-0.1, -0.05) is 45.5 Å². The lowest BCUT2D eigenvalue weighted by atomic mass is 10.2. The number of rotatable bonds is 3. The molecule has 0 fully saturated rings. The van der Waals surface area contributed by atoms with Crippen LogP contribution >= 0.6 is 0 Å². The maximum atomic E-state index is 5.20. The summed E-state index contributed by atoms with van der Waals surface area (Å²) in [6.07, 6.45) is 0.833. The zero-order chi connectivity index (χ0) is 12.4. The monoisotopic (exact) mass is 219 g/mol. The van der Waals surface area contributed by atoms with Gasteiger partial charge in [-0.15, -0.1) is 0 Å². The summed E-state index contributed by atoms with van der Waals surface area (Å²) < 4.78 is 5.20. The van der Waals surface area contributed by atoms with Crippen LogP contribution in [0, 0.1) is 0 Å². The lowest BCUT2D eigenvalue weighted by molar-refractivity contribution is 0.404. The molecule has 16 heavy (non-hydrogen) atoms. The maximum absolute atomic E-state index is 5.20. The Balaban J connectivity index is 0.00000106. The number of hydrogen-bond donors (Lipinski definition) is 0. The van der Waals surface area contributed by atoms with E-state index in [4.69, 9.17) is 4.74 Å². The van der Waals surface area contributed by atoms with E-state index in [-0.39, 0.29) is 0 Å². The molecule has 0 aliphatic rings. The van der Waals surface area contributed by atoms with E-state index in [9.17, 15) is 0 Å². The average Bonchev–Trinajstić information content (AvgIpc) is 2.39. The molecule has 0 radical (unpaired) electrons. The van der Waals surface area contributed by atoms with Crippen LogP contribution in [-0.2, 0) is 4.74 Å². The molecule has 0 aromatic heterocycles. The third-order valence-electron chi connectivity index (χ3n) is 1.88. The van der Waals surface area contributed by atoms with E-state index in [1.807, 2.05) is 51.1 Å². The Kier molecular flexibility index (Phi) is 7.86. The summed E-state index contributed by atoms with van der Waals surface area (Å²) >= 11 is 0. The summed E-state index contributed by atoms with van der Waals surface area (Å²) in [4.78, 5) is 4.28. The summed E-state index contributed by atoms with van der Waals surface area (Å²) in [5.74, 6) is 0.623. The Hall–Kier alpha value is -1.57. The van der Waals surface area contributed by atoms with Crippen LogP contribution in [-0.4, -0.2) is 13.0 Å². The van der Waals surface area contributed by atoms with Crippen molar-refractivity contribution in [2.75, 3.05) is 7.11 Å². The fourth-order valence-corrected chi connectivity index (χ4v) is 1.03. The highest BCUT2D eigenvalue weighted by Gasteiger charge is 2.01. The second-order valence-corrected chi connectivity index (χ2v) is 2.91. The Morgan fingerprint density at radius 1 is 1.25 bits per heavy atom. The summed E-state index contributed by atoms with van der Waals surface area (Å²) in [5, 5.41) is 0. The minimum Gasteiger partial charge on any atom is -0.481 e. The molecule has 1 aromatic carbocycles. The van der Waals surface area contributed by atoms with Crippen LogP contribution in [0.2, 0.25) is 0 Å². The normalized spacial score (nSPS) is 10.1. The summed E-state index contributed by atoms with van der Waals surface area (Å²) in [6.45, 7) is 9.84. The summed E-state index contributed by atoms with van der Waals surface area (Å²) in [6, 6.07) is 9.80. The lowest BCUT2D eigenvalue weighted by Gasteiger charge is -2.05. The predicted molar refractivity (Wildman–Crippen MR) is 70.8 cm³/mol. The molecule has 0 amide bonds. The van der Waals surface area contributed by atoms with Crippen molar-refractivity contribution < 1.29 is 4.74 Å². The first-order valence-corrected chi connectivity index (χ1v) is 5.63. The van der Waals surface area contributed by atoms with Crippen LogP contribution in [0.3, 0.4) is 0 Å². The van der Waals surface area contributed by atoms with Crippen LogP contribution in [0.5, 0.6) is 0 Å². The first-order chi connectivity index (χ1) is 7.77. The highest BCUT2D eigenvalue weighted by atomic mass is 16.5. The molecule has 88 valence electrons. The number of hydrogen-bond acceptors (Lipinski definition) is 2. The number of nitrogens with zero attached hydrogens (tertiary/aromatic N) is 1. The molecule has 1 aromatic rings. The van der Waals surface area contributed by atoms with Gasteiger partial charge in [0, 0.05) is 11.3 Å². The molecule has 0 atom stereocenters. The Morgan fingerprint density at radius 3 is 2.25 bits per heavy atom. The van der Waals surface area contributed by atoms with Gasteiger partial charge in [0.2, 0.25) is 5.90 Å². The van der Waals surface area contributed by atoms with Crippen molar-refractivity contribution in [1.82, 2.24) is 0 Å². The molecule has 0 saturated heterocycles. The van der Waals surface area contributed by atoms with Crippen molar-refractivity contribution in [3.63, 3.8) is 0 Å². The number of ether oxygens (including phenoxy) is 1. The molecular formula is C14H21NO. The Labute approximate surface area is 98.7 Å². The van der Waals surface area contributed by atoms with Crippen molar-refractivity contribution in [3.8, 4) is 0 Å². The first-order valence-electron chi connectivity index (χ1n) is 5.63. The number of benzene rings is 1. The molecule has 0 bridgehead atoms. The Morgan fingerprint density at radius 2 is 1.81 bits per heavy atom. The topological polar surface area (TPSA) is 21.6 Å². The minimum atomic E-state index is 0.623. The lowest BCUT2D eigenvalue weighted by Crippen LogP contribution is -2.03. The molecule has 1 rings (SSSR count). The maximum Gasteiger partial charge on any atom is 0.220 e. The average molecular weight is 219 g/mol. The highest BCUT2D eigenvalue weighted by molar-refractivity contribution is 5.94. The second-order valence-electron chi connectivity index (χ2n) is 2.91. The molecule has 2 heteroatoms. The van der Waals surface area contributed by atoms with E-state index in [2.05, 4.69) is 11.6 Å². The van der Waals surface area contributed by atoms with Gasteiger partial charge in [-0.05, 0) is 18.6 Å². The van der Waals surface area contributed by atoms with Crippen LogP contribution in [0.15, 0.2) is 47.6 Å². The largest absolute Gasteiger partial charge is 0.481 e. The second kappa shape index (κ2) is 8.72. The van der Waals surface area contributed by atoms with Crippen LogP contribution < -0.4 is 0 Å². The van der Waals surface area contributed by atoms with Crippen LogP contribution in [0.4, 0.5) is 0 Å². The molecular weight excluding hydrogens is 198 g/mol. The Bertz CT molecular complexity index is 328. The third-order valence-corrected chi connectivity index (χ3v) is 1.88. The van der Waals surface area contributed by atoms with Crippen molar-refractivity contribution >= 4 is 5.90 Å². The SMILES string of the molecule is C=C(CC)N=C(OC)c1ccccc1.CC. The zero-order valence-electron chi connectivity index (χ0n) is 10.7. The molecule has 0 heterocycles. The molecule has 0 saturated carbocycles.